The van der Waals surface area contributed by atoms with E-state index < -0.39 is 0 Å². The van der Waals surface area contributed by atoms with E-state index in [9.17, 15) is 4.79 Å². The van der Waals surface area contributed by atoms with Crippen LogP contribution in [0.2, 0.25) is 0 Å². The van der Waals surface area contributed by atoms with Crippen LogP contribution >= 0.6 is 11.3 Å². The van der Waals surface area contributed by atoms with Gasteiger partial charge in [0.05, 0.1) is 5.69 Å². The quantitative estimate of drug-likeness (QED) is 0.777. The molecule has 1 saturated heterocycles. The van der Waals surface area contributed by atoms with E-state index in [1.165, 1.54) is 24.2 Å². The zero-order valence-corrected chi connectivity index (χ0v) is 14.2. The molecule has 0 unspecified atom stereocenters. The molecule has 0 aliphatic carbocycles. The van der Waals surface area contributed by atoms with Gasteiger partial charge in [0.15, 0.2) is 16.6 Å². The molecular formula is C17H16N6OS. The Morgan fingerprint density at radius 1 is 1.16 bits per heavy atom. The van der Waals surface area contributed by atoms with E-state index in [1.54, 1.807) is 18.5 Å². The Hall–Kier alpha value is -2.87. The van der Waals surface area contributed by atoms with E-state index >= 15 is 0 Å². The second kappa shape index (κ2) is 6.94. The lowest BCUT2D eigenvalue weighted by atomic mass is 10.2. The third kappa shape index (κ3) is 3.48. The van der Waals surface area contributed by atoms with Gasteiger partial charge in [0.25, 0.3) is 5.91 Å². The molecule has 1 aliphatic heterocycles. The van der Waals surface area contributed by atoms with Crippen LogP contribution in [0, 0.1) is 0 Å². The lowest BCUT2D eigenvalue weighted by Gasteiger charge is -2.15. The maximum absolute atomic E-state index is 12.3. The minimum absolute atomic E-state index is 0.279. The number of carbonyl (C=O) groups excluding carboxylic acids is 1. The van der Waals surface area contributed by atoms with Gasteiger partial charge in [-0.05, 0) is 37.1 Å². The molecule has 0 radical (unpaired) electrons. The summed E-state index contributed by atoms with van der Waals surface area (Å²) in [5.74, 6) is 0.509. The molecule has 4 rings (SSSR count). The number of pyridine rings is 1. The van der Waals surface area contributed by atoms with Crippen molar-refractivity contribution < 1.29 is 4.79 Å². The van der Waals surface area contributed by atoms with Crippen LogP contribution in [0.4, 0.5) is 10.9 Å². The first-order valence-corrected chi connectivity index (χ1v) is 8.93. The van der Waals surface area contributed by atoms with E-state index in [2.05, 4.69) is 30.4 Å². The number of rotatable bonds is 4. The Kier molecular flexibility index (Phi) is 4.34. The standard InChI is InChI=1S/C17H16N6OS/c24-16(13-5-6-15(22-21-13)23-8-1-2-9-23)20-17-19-14(11-25-17)12-4-3-7-18-10-12/h3-7,10-11H,1-2,8-9H2,(H,19,20,24). The van der Waals surface area contributed by atoms with Crippen LogP contribution in [-0.4, -0.2) is 39.2 Å². The van der Waals surface area contributed by atoms with Gasteiger partial charge in [-0.1, -0.05) is 0 Å². The molecule has 0 spiro atoms. The van der Waals surface area contributed by atoms with Gasteiger partial charge >= 0.3 is 0 Å². The second-order valence-corrected chi connectivity index (χ2v) is 6.56. The van der Waals surface area contributed by atoms with Crippen LogP contribution in [-0.2, 0) is 0 Å². The fraction of sp³-hybridized carbons (Fsp3) is 0.235. The highest BCUT2D eigenvalue weighted by molar-refractivity contribution is 7.14. The Bertz CT molecular complexity index is 858. The van der Waals surface area contributed by atoms with Crippen LogP contribution in [0.3, 0.4) is 0 Å². The summed E-state index contributed by atoms with van der Waals surface area (Å²) in [6.07, 6.45) is 5.80. The molecule has 1 N–H and O–H groups in total. The topological polar surface area (TPSA) is 83.9 Å². The smallest absolute Gasteiger partial charge is 0.277 e. The number of hydrogen-bond acceptors (Lipinski definition) is 7. The summed E-state index contributed by atoms with van der Waals surface area (Å²) in [4.78, 5) is 23.0. The zero-order valence-electron chi connectivity index (χ0n) is 13.4. The summed E-state index contributed by atoms with van der Waals surface area (Å²) in [7, 11) is 0. The molecule has 1 amide bonds. The fourth-order valence-corrected chi connectivity index (χ4v) is 3.42. The molecule has 0 atom stereocenters. The third-order valence-corrected chi connectivity index (χ3v) is 4.75. The Morgan fingerprint density at radius 2 is 2.04 bits per heavy atom. The highest BCUT2D eigenvalue weighted by Crippen LogP contribution is 2.24. The van der Waals surface area contributed by atoms with Gasteiger partial charge in [0.1, 0.15) is 0 Å². The molecule has 0 saturated carbocycles. The van der Waals surface area contributed by atoms with Gasteiger partial charge in [-0.25, -0.2) is 4.98 Å². The molecular weight excluding hydrogens is 336 g/mol. The Labute approximate surface area is 148 Å². The Morgan fingerprint density at radius 3 is 2.76 bits per heavy atom. The van der Waals surface area contributed by atoms with E-state index in [1.807, 2.05) is 23.6 Å². The predicted octanol–water partition coefficient (Wildman–Crippen LogP) is 2.85. The minimum Gasteiger partial charge on any atom is -0.355 e. The number of aromatic nitrogens is 4. The van der Waals surface area contributed by atoms with E-state index in [0.717, 1.165) is 30.2 Å². The van der Waals surface area contributed by atoms with Crippen molar-refractivity contribution >= 4 is 28.2 Å². The van der Waals surface area contributed by atoms with E-state index in [0.29, 0.717) is 5.13 Å². The molecule has 25 heavy (non-hydrogen) atoms. The highest BCUT2D eigenvalue weighted by Gasteiger charge is 2.16. The number of nitrogens with one attached hydrogen (secondary N) is 1. The molecule has 0 aromatic carbocycles. The maximum atomic E-state index is 12.3. The highest BCUT2D eigenvalue weighted by atomic mass is 32.1. The minimum atomic E-state index is -0.312. The molecule has 3 aromatic heterocycles. The van der Waals surface area contributed by atoms with Crippen LogP contribution in [0.5, 0.6) is 0 Å². The molecule has 8 heteroatoms. The Balaban J connectivity index is 1.44. The average molecular weight is 352 g/mol. The van der Waals surface area contributed by atoms with Gasteiger partial charge in [-0.2, -0.15) is 0 Å². The maximum Gasteiger partial charge on any atom is 0.277 e. The normalized spacial score (nSPS) is 13.8. The van der Waals surface area contributed by atoms with Crippen molar-refractivity contribution in [2.75, 3.05) is 23.3 Å². The van der Waals surface area contributed by atoms with Crippen LogP contribution in [0.15, 0.2) is 42.0 Å². The molecule has 1 aliphatic rings. The van der Waals surface area contributed by atoms with Crippen molar-refractivity contribution in [1.82, 2.24) is 20.2 Å². The molecule has 3 aromatic rings. The number of anilines is 2. The second-order valence-electron chi connectivity index (χ2n) is 5.70. The SMILES string of the molecule is O=C(Nc1nc(-c2cccnc2)cs1)c1ccc(N2CCCC2)nn1. The first kappa shape index (κ1) is 15.6. The first-order chi connectivity index (χ1) is 12.3. The summed E-state index contributed by atoms with van der Waals surface area (Å²) in [5, 5.41) is 13.4. The van der Waals surface area contributed by atoms with Gasteiger partial charge in [0.2, 0.25) is 0 Å². The van der Waals surface area contributed by atoms with Crippen LogP contribution in [0.1, 0.15) is 23.3 Å². The lowest BCUT2D eigenvalue weighted by Crippen LogP contribution is -2.20. The predicted molar refractivity (Wildman–Crippen MR) is 96.8 cm³/mol. The lowest BCUT2D eigenvalue weighted by molar-refractivity contribution is 0.102. The van der Waals surface area contributed by atoms with Gasteiger partial charge in [0, 0.05) is 36.4 Å². The van der Waals surface area contributed by atoms with Crippen molar-refractivity contribution in [2.45, 2.75) is 12.8 Å². The summed E-state index contributed by atoms with van der Waals surface area (Å²) in [5.41, 5.74) is 1.97. The molecule has 0 bridgehead atoms. The molecule has 1 fully saturated rings. The summed E-state index contributed by atoms with van der Waals surface area (Å²) >= 11 is 1.36. The van der Waals surface area contributed by atoms with Crippen molar-refractivity contribution in [2.24, 2.45) is 0 Å². The third-order valence-electron chi connectivity index (χ3n) is 4.00. The number of amides is 1. The van der Waals surface area contributed by atoms with Gasteiger partial charge in [-0.15, -0.1) is 21.5 Å². The fourth-order valence-electron chi connectivity index (χ4n) is 2.70. The average Bonchev–Trinajstić information content (AvgIpc) is 3.35. The van der Waals surface area contributed by atoms with Gasteiger partial charge in [-0.3, -0.25) is 15.1 Å². The number of nitrogens with zero attached hydrogens (tertiary/aromatic N) is 5. The number of thiazole rings is 1. The monoisotopic (exact) mass is 352 g/mol. The van der Waals surface area contributed by atoms with Crippen molar-refractivity contribution in [3.8, 4) is 11.3 Å². The van der Waals surface area contributed by atoms with Crippen molar-refractivity contribution in [1.29, 1.82) is 0 Å². The zero-order chi connectivity index (χ0) is 17.1. The van der Waals surface area contributed by atoms with Crippen molar-refractivity contribution in [3.05, 3.63) is 47.7 Å². The molecule has 126 valence electrons. The van der Waals surface area contributed by atoms with E-state index in [-0.39, 0.29) is 11.6 Å². The van der Waals surface area contributed by atoms with Crippen molar-refractivity contribution in [3.63, 3.8) is 0 Å². The first-order valence-electron chi connectivity index (χ1n) is 8.05. The molecule has 4 heterocycles. The van der Waals surface area contributed by atoms with Gasteiger partial charge < -0.3 is 4.90 Å². The van der Waals surface area contributed by atoms with Crippen LogP contribution in [0.25, 0.3) is 11.3 Å². The van der Waals surface area contributed by atoms with Crippen LogP contribution < -0.4 is 10.2 Å². The summed E-state index contributed by atoms with van der Waals surface area (Å²) in [6.45, 7) is 1.99. The number of hydrogen-bond donors (Lipinski definition) is 1. The number of carbonyl (C=O) groups is 1. The molecule has 7 nitrogen and oxygen atoms in total. The summed E-state index contributed by atoms with van der Waals surface area (Å²) < 4.78 is 0. The summed E-state index contributed by atoms with van der Waals surface area (Å²) in [6, 6.07) is 7.32. The largest absolute Gasteiger partial charge is 0.355 e. The van der Waals surface area contributed by atoms with E-state index in [4.69, 9.17) is 0 Å².